The molecule has 1 nitrogen and oxygen atoms in total. The van der Waals surface area contributed by atoms with Crippen LogP contribution in [0.3, 0.4) is 0 Å². The van der Waals surface area contributed by atoms with Crippen molar-refractivity contribution in [1.29, 1.82) is 0 Å². The number of rotatable bonds is 3. The van der Waals surface area contributed by atoms with Crippen LogP contribution in [0.4, 0.5) is 5.69 Å². The van der Waals surface area contributed by atoms with Crippen LogP contribution in [-0.2, 0) is 0 Å². The average molecular weight is 371 g/mol. The predicted molar refractivity (Wildman–Crippen MR) is 125 cm³/mol. The molecule has 0 radical (unpaired) electrons. The molecule has 5 aromatic rings. The highest BCUT2D eigenvalue weighted by atomic mass is 14.5. The second kappa shape index (κ2) is 7.29. The summed E-state index contributed by atoms with van der Waals surface area (Å²) in [6.07, 6.45) is 0. The Morgan fingerprint density at radius 3 is 1.76 bits per heavy atom. The van der Waals surface area contributed by atoms with E-state index in [9.17, 15) is 0 Å². The first-order chi connectivity index (χ1) is 14.3. The molecule has 0 aliphatic heterocycles. The lowest BCUT2D eigenvalue weighted by molar-refractivity contribution is 1.57. The summed E-state index contributed by atoms with van der Waals surface area (Å²) in [6, 6.07) is 40.5. The minimum absolute atomic E-state index is 0.781. The van der Waals surface area contributed by atoms with Crippen molar-refractivity contribution in [3.63, 3.8) is 0 Å². The highest BCUT2D eigenvalue weighted by molar-refractivity contribution is 5.88. The van der Waals surface area contributed by atoms with Gasteiger partial charge >= 0.3 is 0 Å². The van der Waals surface area contributed by atoms with E-state index in [4.69, 9.17) is 5.73 Å². The summed E-state index contributed by atoms with van der Waals surface area (Å²) in [4.78, 5) is 0. The van der Waals surface area contributed by atoms with Crippen molar-refractivity contribution in [2.75, 3.05) is 5.73 Å². The van der Waals surface area contributed by atoms with Crippen molar-refractivity contribution >= 4 is 16.5 Å². The fourth-order valence-electron chi connectivity index (χ4n) is 3.90. The Bertz CT molecular complexity index is 1300. The third kappa shape index (κ3) is 3.39. The van der Waals surface area contributed by atoms with Gasteiger partial charge in [0.2, 0.25) is 0 Å². The molecular formula is C28H21N. The van der Waals surface area contributed by atoms with Crippen molar-refractivity contribution < 1.29 is 0 Å². The maximum Gasteiger partial charge on any atom is 0.0320 e. The Labute approximate surface area is 171 Å². The van der Waals surface area contributed by atoms with Crippen molar-refractivity contribution in [3.05, 3.63) is 115 Å². The van der Waals surface area contributed by atoms with Crippen molar-refractivity contribution in [3.8, 4) is 33.4 Å². The first kappa shape index (κ1) is 17.3. The second-order valence-electron chi connectivity index (χ2n) is 7.31. The van der Waals surface area contributed by atoms with E-state index in [1.165, 1.54) is 38.6 Å². The highest BCUT2D eigenvalue weighted by Crippen LogP contribution is 2.34. The van der Waals surface area contributed by atoms with Gasteiger partial charge in [-0.25, -0.2) is 0 Å². The summed E-state index contributed by atoms with van der Waals surface area (Å²) < 4.78 is 0. The quantitative estimate of drug-likeness (QED) is 0.328. The minimum Gasteiger partial charge on any atom is -0.399 e. The topological polar surface area (TPSA) is 26.0 Å². The second-order valence-corrected chi connectivity index (χ2v) is 7.31. The van der Waals surface area contributed by atoms with E-state index in [1.54, 1.807) is 0 Å². The SMILES string of the molecule is Nc1cccc(-c2ccccc2-c2ccc(-c3ccc4ccccc4c3)cc2)c1. The lowest BCUT2D eigenvalue weighted by atomic mass is 9.93. The molecule has 0 amide bonds. The third-order valence-electron chi connectivity index (χ3n) is 5.40. The first-order valence-electron chi connectivity index (χ1n) is 9.82. The normalized spacial score (nSPS) is 10.9. The summed E-state index contributed by atoms with van der Waals surface area (Å²) in [7, 11) is 0. The van der Waals surface area contributed by atoms with Crippen LogP contribution in [0.1, 0.15) is 0 Å². The van der Waals surface area contributed by atoms with Gasteiger partial charge in [0.15, 0.2) is 0 Å². The van der Waals surface area contributed by atoms with Gasteiger partial charge in [0.25, 0.3) is 0 Å². The largest absolute Gasteiger partial charge is 0.399 e. The molecule has 5 rings (SSSR count). The van der Waals surface area contributed by atoms with Gasteiger partial charge in [-0.3, -0.25) is 0 Å². The van der Waals surface area contributed by atoms with Gasteiger partial charge in [0.05, 0.1) is 0 Å². The van der Waals surface area contributed by atoms with Crippen molar-refractivity contribution in [1.82, 2.24) is 0 Å². The van der Waals surface area contributed by atoms with Gasteiger partial charge in [-0.05, 0) is 62.4 Å². The molecule has 0 saturated carbocycles. The van der Waals surface area contributed by atoms with Gasteiger partial charge in [-0.15, -0.1) is 0 Å². The summed E-state index contributed by atoms with van der Waals surface area (Å²) in [6.45, 7) is 0. The van der Waals surface area contributed by atoms with Crippen LogP contribution in [0, 0.1) is 0 Å². The maximum absolute atomic E-state index is 6.01. The molecule has 2 N–H and O–H groups in total. The Hall–Kier alpha value is -3.84. The van der Waals surface area contributed by atoms with Crippen LogP contribution in [0.5, 0.6) is 0 Å². The number of benzene rings is 5. The lowest BCUT2D eigenvalue weighted by Gasteiger charge is -2.12. The van der Waals surface area contributed by atoms with E-state index in [0.717, 1.165) is 11.3 Å². The van der Waals surface area contributed by atoms with Crippen molar-refractivity contribution in [2.24, 2.45) is 0 Å². The molecule has 0 aliphatic rings. The molecule has 0 unspecified atom stereocenters. The third-order valence-corrected chi connectivity index (χ3v) is 5.40. The summed E-state index contributed by atoms with van der Waals surface area (Å²) in [5.74, 6) is 0. The average Bonchev–Trinajstić information content (AvgIpc) is 2.79. The lowest BCUT2D eigenvalue weighted by Crippen LogP contribution is -1.88. The van der Waals surface area contributed by atoms with Crippen LogP contribution in [-0.4, -0.2) is 0 Å². The Morgan fingerprint density at radius 1 is 0.379 bits per heavy atom. The molecule has 0 spiro atoms. The maximum atomic E-state index is 6.01. The summed E-state index contributed by atoms with van der Waals surface area (Å²) in [5.41, 5.74) is 14.0. The minimum atomic E-state index is 0.781. The number of hydrogen-bond acceptors (Lipinski definition) is 1. The van der Waals surface area contributed by atoms with E-state index >= 15 is 0 Å². The predicted octanol–water partition coefficient (Wildman–Crippen LogP) is 7.42. The van der Waals surface area contributed by atoms with Crippen LogP contribution < -0.4 is 5.73 Å². The number of nitrogens with two attached hydrogens (primary N) is 1. The molecular weight excluding hydrogens is 350 g/mol. The number of nitrogen functional groups attached to an aromatic ring is 1. The van der Waals surface area contributed by atoms with E-state index in [0.29, 0.717) is 0 Å². The van der Waals surface area contributed by atoms with Gasteiger partial charge in [0.1, 0.15) is 0 Å². The molecule has 138 valence electrons. The van der Waals surface area contributed by atoms with Gasteiger partial charge in [-0.1, -0.05) is 97.1 Å². The van der Waals surface area contributed by atoms with Gasteiger partial charge in [0, 0.05) is 5.69 Å². The van der Waals surface area contributed by atoms with E-state index in [2.05, 4.69) is 97.1 Å². The summed E-state index contributed by atoms with van der Waals surface area (Å²) >= 11 is 0. The summed E-state index contributed by atoms with van der Waals surface area (Å²) in [5, 5.41) is 2.53. The molecule has 0 saturated heterocycles. The molecule has 0 aliphatic carbocycles. The monoisotopic (exact) mass is 371 g/mol. The van der Waals surface area contributed by atoms with Crippen LogP contribution >= 0.6 is 0 Å². The number of anilines is 1. The van der Waals surface area contributed by atoms with Crippen LogP contribution in [0.15, 0.2) is 115 Å². The zero-order valence-electron chi connectivity index (χ0n) is 16.0. The molecule has 0 heterocycles. The molecule has 0 fully saturated rings. The Balaban J connectivity index is 1.54. The zero-order chi connectivity index (χ0) is 19.6. The van der Waals surface area contributed by atoms with E-state index in [-0.39, 0.29) is 0 Å². The van der Waals surface area contributed by atoms with E-state index < -0.39 is 0 Å². The molecule has 0 bridgehead atoms. The smallest absolute Gasteiger partial charge is 0.0320 e. The van der Waals surface area contributed by atoms with Crippen LogP contribution in [0.25, 0.3) is 44.2 Å². The van der Waals surface area contributed by atoms with Crippen molar-refractivity contribution in [2.45, 2.75) is 0 Å². The van der Waals surface area contributed by atoms with Gasteiger partial charge < -0.3 is 5.73 Å². The first-order valence-corrected chi connectivity index (χ1v) is 9.82. The fraction of sp³-hybridized carbons (Fsp3) is 0. The Kier molecular flexibility index (Phi) is 4.34. The fourth-order valence-corrected chi connectivity index (χ4v) is 3.90. The molecule has 29 heavy (non-hydrogen) atoms. The van der Waals surface area contributed by atoms with Crippen LogP contribution in [0.2, 0.25) is 0 Å². The standard InChI is InChI=1S/C28H21N/c29-26-9-5-8-25(19-26)28-11-4-3-10-27(28)22-15-12-21(13-16-22)24-17-14-20-6-1-2-7-23(20)18-24/h1-19H,29H2. The molecule has 5 aromatic carbocycles. The molecule has 1 heteroatoms. The Morgan fingerprint density at radius 2 is 1.00 bits per heavy atom. The molecule has 0 atom stereocenters. The number of hydrogen-bond donors (Lipinski definition) is 1. The van der Waals surface area contributed by atoms with E-state index in [1.807, 2.05) is 18.2 Å². The molecule has 0 aromatic heterocycles. The van der Waals surface area contributed by atoms with Gasteiger partial charge in [-0.2, -0.15) is 0 Å². The zero-order valence-corrected chi connectivity index (χ0v) is 16.0. The number of fused-ring (bicyclic) bond motifs is 1. The highest BCUT2D eigenvalue weighted by Gasteiger charge is 2.08.